The van der Waals surface area contributed by atoms with Crippen LogP contribution < -0.4 is 5.56 Å². The second-order valence-electron chi connectivity index (χ2n) is 7.22. The Morgan fingerprint density at radius 2 is 2.00 bits per heavy atom. The molecule has 1 aromatic carbocycles. The number of alkyl halides is 3. The molecular weight excluding hydrogens is 418 g/mol. The number of morpholine rings is 1. The molecule has 1 saturated heterocycles. The number of rotatable bonds is 2. The number of amides is 1. The Kier molecular flexibility index (Phi) is 5.26. The zero-order valence-corrected chi connectivity index (χ0v) is 16.3. The van der Waals surface area contributed by atoms with Gasteiger partial charge < -0.3 is 9.64 Å². The summed E-state index contributed by atoms with van der Waals surface area (Å²) in [5.41, 5.74) is -2.34. The van der Waals surface area contributed by atoms with Gasteiger partial charge in [-0.1, -0.05) is 6.07 Å². The summed E-state index contributed by atoms with van der Waals surface area (Å²) in [6.45, 7) is 2.82. The van der Waals surface area contributed by atoms with Gasteiger partial charge in [-0.15, -0.1) is 0 Å². The van der Waals surface area contributed by atoms with Crippen LogP contribution in [0, 0.1) is 5.82 Å². The van der Waals surface area contributed by atoms with Gasteiger partial charge in [0.2, 0.25) is 0 Å². The van der Waals surface area contributed by atoms with Crippen LogP contribution in [0.25, 0.3) is 16.8 Å². The first-order valence-corrected chi connectivity index (χ1v) is 9.45. The van der Waals surface area contributed by atoms with Crippen LogP contribution in [-0.2, 0) is 10.9 Å². The van der Waals surface area contributed by atoms with Crippen molar-refractivity contribution < 1.29 is 27.1 Å². The fraction of sp³-hybridized carbons (Fsp3) is 0.286. The van der Waals surface area contributed by atoms with Crippen molar-refractivity contribution in [3.63, 3.8) is 0 Å². The van der Waals surface area contributed by atoms with Crippen molar-refractivity contribution in [2.75, 3.05) is 19.7 Å². The van der Waals surface area contributed by atoms with Crippen molar-refractivity contribution in [1.82, 2.24) is 14.3 Å². The highest BCUT2D eigenvalue weighted by Gasteiger charge is 2.34. The maximum atomic E-state index is 14.8. The minimum absolute atomic E-state index is 0.128. The van der Waals surface area contributed by atoms with E-state index in [1.54, 1.807) is 0 Å². The molecule has 4 rings (SSSR count). The summed E-state index contributed by atoms with van der Waals surface area (Å²) >= 11 is 0. The Morgan fingerprint density at radius 3 is 2.68 bits per heavy atom. The number of halogens is 4. The molecule has 3 aromatic rings. The van der Waals surface area contributed by atoms with E-state index in [1.807, 2.05) is 6.92 Å². The van der Waals surface area contributed by atoms with Gasteiger partial charge in [0.1, 0.15) is 11.5 Å². The van der Waals surface area contributed by atoms with Crippen molar-refractivity contribution in [2.45, 2.75) is 19.2 Å². The van der Waals surface area contributed by atoms with Crippen LogP contribution in [-0.4, -0.2) is 46.0 Å². The molecule has 1 fully saturated rings. The number of aromatic nitrogens is 2. The Morgan fingerprint density at radius 1 is 1.23 bits per heavy atom. The number of hydrogen-bond donors (Lipinski definition) is 0. The smallest absolute Gasteiger partial charge is 0.375 e. The van der Waals surface area contributed by atoms with E-state index in [-0.39, 0.29) is 28.4 Å². The number of pyridine rings is 1. The van der Waals surface area contributed by atoms with Gasteiger partial charge in [-0.2, -0.15) is 13.2 Å². The molecule has 162 valence electrons. The number of carbonyl (C=O) groups is 1. The summed E-state index contributed by atoms with van der Waals surface area (Å²) in [6, 6.07) is 7.04. The largest absolute Gasteiger partial charge is 0.433 e. The van der Waals surface area contributed by atoms with Crippen LogP contribution in [0.15, 0.2) is 47.4 Å². The molecule has 1 atom stereocenters. The maximum absolute atomic E-state index is 14.8. The van der Waals surface area contributed by atoms with Crippen LogP contribution in [0.4, 0.5) is 17.6 Å². The number of benzene rings is 1. The molecule has 0 bridgehead atoms. The molecule has 0 radical (unpaired) electrons. The van der Waals surface area contributed by atoms with Gasteiger partial charge in [0.15, 0.2) is 5.69 Å². The zero-order valence-electron chi connectivity index (χ0n) is 16.3. The van der Waals surface area contributed by atoms with E-state index < -0.39 is 29.2 Å². The van der Waals surface area contributed by atoms with Gasteiger partial charge in [-0.05, 0) is 36.8 Å². The second-order valence-corrected chi connectivity index (χ2v) is 7.22. The monoisotopic (exact) mass is 435 g/mol. The molecule has 1 amide bonds. The predicted octanol–water partition coefficient (Wildman–Crippen LogP) is 3.38. The average molecular weight is 435 g/mol. The van der Waals surface area contributed by atoms with Crippen LogP contribution >= 0.6 is 0 Å². The van der Waals surface area contributed by atoms with E-state index in [2.05, 4.69) is 4.98 Å². The summed E-state index contributed by atoms with van der Waals surface area (Å²) < 4.78 is 60.5. The van der Waals surface area contributed by atoms with E-state index in [4.69, 9.17) is 4.74 Å². The molecule has 31 heavy (non-hydrogen) atoms. The fourth-order valence-electron chi connectivity index (χ4n) is 3.52. The van der Waals surface area contributed by atoms with Crippen LogP contribution in [0.2, 0.25) is 0 Å². The second kappa shape index (κ2) is 7.77. The van der Waals surface area contributed by atoms with E-state index in [0.29, 0.717) is 25.8 Å². The first-order chi connectivity index (χ1) is 14.6. The van der Waals surface area contributed by atoms with Gasteiger partial charge in [-0.3, -0.25) is 14.0 Å². The number of carbonyl (C=O) groups excluding carboxylic acids is 1. The highest BCUT2D eigenvalue weighted by Crippen LogP contribution is 2.30. The van der Waals surface area contributed by atoms with Gasteiger partial charge in [0.05, 0.1) is 18.3 Å². The standard InChI is InChI=1S/C21H17F4N3O3/c1-12-11-27(7-8-31-12)20(30)15-5-4-13(9-16(15)22)14-3-2-6-28-18(29)10-17(21(23,24)25)26-19(14)28/h2-6,9-10,12H,7-8,11H2,1H3/t12-/m0/s1. The van der Waals surface area contributed by atoms with Crippen molar-refractivity contribution in [1.29, 1.82) is 0 Å². The molecule has 10 heteroatoms. The lowest BCUT2D eigenvalue weighted by Gasteiger charge is -2.31. The minimum atomic E-state index is -4.81. The van der Waals surface area contributed by atoms with Crippen molar-refractivity contribution >= 4 is 11.6 Å². The van der Waals surface area contributed by atoms with Crippen molar-refractivity contribution in [3.8, 4) is 11.1 Å². The van der Waals surface area contributed by atoms with Gasteiger partial charge >= 0.3 is 6.18 Å². The Labute approximate surface area is 173 Å². The lowest BCUT2D eigenvalue weighted by Crippen LogP contribution is -2.44. The first-order valence-electron chi connectivity index (χ1n) is 9.45. The SMILES string of the molecule is C[C@H]1CN(C(=O)c2ccc(-c3cccn4c(=O)cc(C(F)(F)F)nc34)cc2F)CCO1. The Bertz CT molecular complexity index is 1220. The average Bonchev–Trinajstić information content (AvgIpc) is 2.72. The molecule has 2 aromatic heterocycles. The molecule has 1 aliphatic rings. The van der Waals surface area contributed by atoms with E-state index in [9.17, 15) is 27.2 Å². The molecule has 1 aliphatic heterocycles. The summed E-state index contributed by atoms with van der Waals surface area (Å²) in [6.07, 6.45) is -3.69. The fourth-order valence-corrected chi connectivity index (χ4v) is 3.52. The van der Waals surface area contributed by atoms with Gasteiger partial charge in [0.25, 0.3) is 11.5 Å². The number of ether oxygens (including phenoxy) is 1. The maximum Gasteiger partial charge on any atom is 0.433 e. The molecule has 0 spiro atoms. The first kappa shape index (κ1) is 21.0. The van der Waals surface area contributed by atoms with Gasteiger partial charge in [0, 0.05) is 30.9 Å². The predicted molar refractivity (Wildman–Crippen MR) is 103 cm³/mol. The number of hydrogen-bond acceptors (Lipinski definition) is 4. The van der Waals surface area contributed by atoms with Gasteiger partial charge in [-0.25, -0.2) is 9.37 Å². The third kappa shape index (κ3) is 4.02. The normalized spacial score (nSPS) is 17.2. The molecule has 6 nitrogen and oxygen atoms in total. The summed E-state index contributed by atoms with van der Waals surface area (Å²) in [4.78, 5) is 29.9. The van der Waals surface area contributed by atoms with Crippen molar-refractivity contribution in [3.05, 3.63) is 70.0 Å². The number of fused-ring (bicyclic) bond motifs is 1. The summed E-state index contributed by atoms with van der Waals surface area (Å²) in [7, 11) is 0. The highest BCUT2D eigenvalue weighted by atomic mass is 19.4. The van der Waals surface area contributed by atoms with E-state index >= 15 is 0 Å². The quantitative estimate of drug-likeness (QED) is 0.579. The molecule has 0 aliphatic carbocycles. The highest BCUT2D eigenvalue weighted by molar-refractivity contribution is 5.95. The lowest BCUT2D eigenvalue weighted by atomic mass is 10.0. The summed E-state index contributed by atoms with van der Waals surface area (Å²) in [5, 5.41) is 0. The summed E-state index contributed by atoms with van der Waals surface area (Å²) in [5.74, 6) is -1.32. The van der Waals surface area contributed by atoms with E-state index in [1.165, 1.54) is 35.4 Å². The third-order valence-corrected chi connectivity index (χ3v) is 5.02. The van der Waals surface area contributed by atoms with Crippen LogP contribution in [0.5, 0.6) is 0 Å². The van der Waals surface area contributed by atoms with Crippen molar-refractivity contribution in [2.24, 2.45) is 0 Å². The lowest BCUT2D eigenvalue weighted by molar-refractivity contribution is -0.141. The minimum Gasteiger partial charge on any atom is -0.375 e. The zero-order chi connectivity index (χ0) is 22.3. The molecule has 3 heterocycles. The van der Waals surface area contributed by atoms with Crippen LogP contribution in [0.3, 0.4) is 0 Å². The molecule has 0 saturated carbocycles. The topological polar surface area (TPSA) is 63.9 Å². The Balaban J connectivity index is 1.77. The van der Waals surface area contributed by atoms with E-state index in [0.717, 1.165) is 10.5 Å². The Hall–Kier alpha value is -3.27. The van der Waals surface area contributed by atoms with Crippen LogP contribution in [0.1, 0.15) is 23.0 Å². The number of nitrogens with zero attached hydrogens (tertiary/aromatic N) is 3. The molecule has 0 unspecified atom stereocenters. The molecule has 0 N–H and O–H groups in total. The third-order valence-electron chi connectivity index (χ3n) is 5.02. The molecular formula is C21H17F4N3O3.